The molecule has 0 heterocycles. The van der Waals surface area contributed by atoms with Gasteiger partial charge in [-0.1, -0.05) is 49.4 Å². The maximum absolute atomic E-state index is 13.3. The minimum atomic E-state index is -3.52. The van der Waals surface area contributed by atoms with Crippen LogP contribution < -0.4 is 9.62 Å². The van der Waals surface area contributed by atoms with Gasteiger partial charge in [-0.25, -0.2) is 8.42 Å². The van der Waals surface area contributed by atoms with Crippen LogP contribution in [0.15, 0.2) is 48.5 Å². The van der Waals surface area contributed by atoms with Gasteiger partial charge in [-0.15, -0.1) is 0 Å². The second kappa shape index (κ2) is 13.4. The molecule has 2 atom stereocenters. The lowest BCUT2D eigenvalue weighted by atomic mass is 10.1. The molecular formula is C28H41N3O4S. The third-order valence-corrected chi connectivity index (χ3v) is 7.62. The standard InChI is InChI=1S/C28H41N3O4S/c1-7-23(4)29-28(33)24(5)30(19-17-25-12-9-8-10-13-25)27(32)14-11-18-31(36(6,34)35)26-20-21(2)15-16-22(26)3/h8-10,12-13,15-16,20,23-24H,7,11,14,17-19H2,1-6H3,(H,29,33)/t23-,24-/m0/s1. The summed E-state index contributed by atoms with van der Waals surface area (Å²) in [4.78, 5) is 27.8. The molecular weight excluding hydrogens is 474 g/mol. The van der Waals surface area contributed by atoms with Crippen LogP contribution in [-0.4, -0.2) is 56.6 Å². The Hall–Kier alpha value is -2.87. The second-order valence-corrected chi connectivity index (χ2v) is 11.5. The lowest BCUT2D eigenvalue weighted by Crippen LogP contribution is -2.50. The van der Waals surface area contributed by atoms with Crippen LogP contribution in [-0.2, 0) is 26.0 Å². The summed E-state index contributed by atoms with van der Waals surface area (Å²) in [6.07, 6.45) is 3.11. The summed E-state index contributed by atoms with van der Waals surface area (Å²) in [5, 5.41) is 2.97. The summed E-state index contributed by atoms with van der Waals surface area (Å²) >= 11 is 0. The average molecular weight is 516 g/mol. The highest BCUT2D eigenvalue weighted by atomic mass is 32.2. The normalized spacial score (nSPS) is 13.1. The fourth-order valence-corrected chi connectivity index (χ4v) is 5.02. The van der Waals surface area contributed by atoms with E-state index >= 15 is 0 Å². The summed E-state index contributed by atoms with van der Waals surface area (Å²) in [5.74, 6) is -0.342. The number of amides is 2. The van der Waals surface area contributed by atoms with Crippen molar-refractivity contribution in [3.63, 3.8) is 0 Å². The topological polar surface area (TPSA) is 86.8 Å². The van der Waals surface area contributed by atoms with Gasteiger partial charge in [0.2, 0.25) is 21.8 Å². The van der Waals surface area contributed by atoms with Crippen LogP contribution in [0, 0.1) is 13.8 Å². The van der Waals surface area contributed by atoms with Crippen LogP contribution in [0.25, 0.3) is 0 Å². The van der Waals surface area contributed by atoms with Gasteiger partial charge >= 0.3 is 0 Å². The van der Waals surface area contributed by atoms with E-state index in [4.69, 9.17) is 0 Å². The van der Waals surface area contributed by atoms with E-state index < -0.39 is 16.1 Å². The van der Waals surface area contributed by atoms with Crippen molar-refractivity contribution in [2.24, 2.45) is 0 Å². The van der Waals surface area contributed by atoms with Crippen LogP contribution in [0.1, 0.15) is 56.7 Å². The van der Waals surface area contributed by atoms with Gasteiger partial charge in [0.15, 0.2) is 0 Å². The summed E-state index contributed by atoms with van der Waals surface area (Å²) in [7, 11) is -3.52. The number of sulfonamides is 1. The van der Waals surface area contributed by atoms with Crippen LogP contribution in [0.4, 0.5) is 5.69 Å². The minimum absolute atomic E-state index is 0.0203. The van der Waals surface area contributed by atoms with Crippen molar-refractivity contribution in [3.8, 4) is 0 Å². The molecule has 2 amide bonds. The van der Waals surface area contributed by atoms with Gasteiger partial charge < -0.3 is 10.2 Å². The van der Waals surface area contributed by atoms with E-state index in [0.29, 0.717) is 25.1 Å². The number of aryl methyl sites for hydroxylation is 2. The molecule has 0 saturated carbocycles. The molecule has 2 aromatic carbocycles. The number of hydrogen-bond acceptors (Lipinski definition) is 4. The smallest absolute Gasteiger partial charge is 0.242 e. The Morgan fingerprint density at radius 1 is 1.00 bits per heavy atom. The van der Waals surface area contributed by atoms with E-state index in [-0.39, 0.29) is 30.8 Å². The van der Waals surface area contributed by atoms with Crippen LogP contribution >= 0.6 is 0 Å². The third kappa shape index (κ3) is 8.66. The zero-order chi connectivity index (χ0) is 26.9. The molecule has 198 valence electrons. The van der Waals surface area contributed by atoms with Crippen LogP contribution in [0.2, 0.25) is 0 Å². The Balaban J connectivity index is 2.15. The lowest BCUT2D eigenvalue weighted by Gasteiger charge is -2.30. The summed E-state index contributed by atoms with van der Waals surface area (Å²) < 4.78 is 26.5. The number of rotatable bonds is 13. The average Bonchev–Trinajstić information content (AvgIpc) is 2.83. The molecule has 36 heavy (non-hydrogen) atoms. The molecule has 2 rings (SSSR count). The van der Waals surface area contributed by atoms with E-state index in [2.05, 4.69) is 5.32 Å². The van der Waals surface area contributed by atoms with Crippen molar-refractivity contribution in [1.29, 1.82) is 0 Å². The molecule has 8 heteroatoms. The Morgan fingerprint density at radius 3 is 2.28 bits per heavy atom. The quantitative estimate of drug-likeness (QED) is 0.433. The van der Waals surface area contributed by atoms with Crippen molar-refractivity contribution >= 4 is 27.5 Å². The molecule has 0 saturated heterocycles. The number of anilines is 1. The molecule has 0 spiro atoms. The molecule has 0 radical (unpaired) electrons. The van der Waals surface area contributed by atoms with E-state index in [1.165, 1.54) is 10.6 Å². The third-order valence-electron chi connectivity index (χ3n) is 6.44. The predicted molar refractivity (Wildman–Crippen MR) is 147 cm³/mol. The van der Waals surface area contributed by atoms with E-state index in [0.717, 1.165) is 23.1 Å². The highest BCUT2D eigenvalue weighted by molar-refractivity contribution is 7.92. The predicted octanol–water partition coefficient (Wildman–Crippen LogP) is 4.22. The first-order valence-electron chi connectivity index (χ1n) is 12.6. The molecule has 0 aliphatic heterocycles. The number of carbonyl (C=O) groups is 2. The molecule has 0 unspecified atom stereocenters. The van der Waals surface area contributed by atoms with Crippen LogP contribution in [0.3, 0.4) is 0 Å². The van der Waals surface area contributed by atoms with Crippen molar-refractivity contribution in [1.82, 2.24) is 10.2 Å². The first kappa shape index (κ1) is 29.4. The van der Waals surface area contributed by atoms with Gasteiger partial charge in [0.25, 0.3) is 0 Å². The van der Waals surface area contributed by atoms with Crippen molar-refractivity contribution in [2.45, 2.75) is 72.4 Å². The maximum atomic E-state index is 13.3. The molecule has 0 aliphatic carbocycles. The number of carbonyl (C=O) groups excluding carboxylic acids is 2. The molecule has 0 aliphatic rings. The van der Waals surface area contributed by atoms with Gasteiger partial charge in [-0.3, -0.25) is 13.9 Å². The van der Waals surface area contributed by atoms with Gasteiger partial charge in [-0.05, 0) is 69.7 Å². The fraction of sp³-hybridized carbons (Fsp3) is 0.500. The van der Waals surface area contributed by atoms with E-state index in [1.54, 1.807) is 11.8 Å². The van der Waals surface area contributed by atoms with Gasteiger partial charge in [0.1, 0.15) is 6.04 Å². The second-order valence-electron chi connectivity index (χ2n) is 9.55. The van der Waals surface area contributed by atoms with Crippen molar-refractivity contribution in [3.05, 3.63) is 65.2 Å². The van der Waals surface area contributed by atoms with E-state index in [1.807, 2.05) is 76.2 Å². The first-order valence-corrected chi connectivity index (χ1v) is 14.5. The summed E-state index contributed by atoms with van der Waals surface area (Å²) in [5.41, 5.74) is 3.54. The fourth-order valence-electron chi connectivity index (χ4n) is 4.01. The molecule has 2 aromatic rings. The highest BCUT2D eigenvalue weighted by Crippen LogP contribution is 2.24. The molecule has 0 aromatic heterocycles. The van der Waals surface area contributed by atoms with Gasteiger partial charge in [0, 0.05) is 25.6 Å². The van der Waals surface area contributed by atoms with E-state index in [9.17, 15) is 18.0 Å². The largest absolute Gasteiger partial charge is 0.352 e. The summed E-state index contributed by atoms with van der Waals surface area (Å²) in [6.45, 7) is 10.1. The lowest BCUT2D eigenvalue weighted by molar-refractivity contribution is -0.140. The molecule has 0 fully saturated rings. The number of hydrogen-bond donors (Lipinski definition) is 1. The maximum Gasteiger partial charge on any atom is 0.242 e. The number of benzene rings is 2. The Morgan fingerprint density at radius 2 is 1.67 bits per heavy atom. The SMILES string of the molecule is CC[C@H](C)NC(=O)[C@H](C)N(CCc1ccccc1)C(=O)CCCN(c1cc(C)ccc1C)S(C)(=O)=O. The Labute approximate surface area is 216 Å². The zero-order valence-electron chi connectivity index (χ0n) is 22.5. The number of nitrogens with zero attached hydrogens (tertiary/aromatic N) is 2. The Kier molecular flexibility index (Phi) is 11.0. The first-order chi connectivity index (χ1) is 16.9. The zero-order valence-corrected chi connectivity index (χ0v) is 23.3. The molecule has 0 bridgehead atoms. The van der Waals surface area contributed by atoms with Gasteiger partial charge in [0.05, 0.1) is 11.9 Å². The minimum Gasteiger partial charge on any atom is -0.352 e. The molecule has 7 nitrogen and oxygen atoms in total. The monoisotopic (exact) mass is 515 g/mol. The van der Waals surface area contributed by atoms with Gasteiger partial charge in [-0.2, -0.15) is 0 Å². The highest BCUT2D eigenvalue weighted by Gasteiger charge is 2.27. The Bertz CT molecular complexity index is 1120. The number of nitrogens with one attached hydrogen (secondary N) is 1. The van der Waals surface area contributed by atoms with Crippen LogP contribution in [0.5, 0.6) is 0 Å². The summed E-state index contributed by atoms with van der Waals surface area (Å²) in [6, 6.07) is 14.9. The molecule has 1 N–H and O–H groups in total. The van der Waals surface area contributed by atoms with Crippen molar-refractivity contribution in [2.75, 3.05) is 23.7 Å². The van der Waals surface area contributed by atoms with Crippen molar-refractivity contribution < 1.29 is 18.0 Å².